The molecule has 2 N–H and O–H groups in total. The van der Waals surface area contributed by atoms with Crippen molar-refractivity contribution >= 4 is 28.9 Å². The zero-order chi connectivity index (χ0) is 23.9. The van der Waals surface area contributed by atoms with E-state index in [1.165, 1.54) is 37.0 Å². The van der Waals surface area contributed by atoms with Gasteiger partial charge in [0.1, 0.15) is 5.69 Å². The summed E-state index contributed by atoms with van der Waals surface area (Å²) >= 11 is 1.29. The molecule has 0 saturated heterocycles. The van der Waals surface area contributed by atoms with Gasteiger partial charge in [0.15, 0.2) is 5.01 Å². The van der Waals surface area contributed by atoms with E-state index in [4.69, 9.17) is 0 Å². The molecule has 2 saturated carbocycles. The van der Waals surface area contributed by atoms with Crippen LogP contribution in [0.1, 0.15) is 46.7 Å². The Hall–Kier alpha value is -3.01. The van der Waals surface area contributed by atoms with Crippen LogP contribution >= 0.6 is 11.3 Å². The van der Waals surface area contributed by atoms with Crippen molar-refractivity contribution < 1.29 is 18.0 Å². The first-order chi connectivity index (χ1) is 16.3. The van der Waals surface area contributed by atoms with E-state index in [0.29, 0.717) is 23.2 Å². The number of halogens is 3. The van der Waals surface area contributed by atoms with E-state index in [1.54, 1.807) is 18.3 Å². The molecule has 34 heavy (non-hydrogen) atoms. The van der Waals surface area contributed by atoms with Crippen molar-refractivity contribution in [3.8, 4) is 10.4 Å². The summed E-state index contributed by atoms with van der Waals surface area (Å²) in [5, 5.41) is 6.31. The zero-order valence-electron chi connectivity index (χ0n) is 18.5. The number of alkyl halides is 3. The Morgan fingerprint density at radius 2 is 1.88 bits per heavy atom. The van der Waals surface area contributed by atoms with Crippen molar-refractivity contribution in [1.29, 1.82) is 0 Å². The maximum Gasteiger partial charge on any atom is 0.433 e. The Labute approximate surface area is 199 Å². The Balaban J connectivity index is 1.28. The summed E-state index contributed by atoms with van der Waals surface area (Å²) in [6.45, 7) is 2.59. The lowest BCUT2D eigenvalue weighted by atomic mass is 9.98. The summed E-state index contributed by atoms with van der Waals surface area (Å²) in [7, 11) is 0. The molecule has 178 valence electrons. The zero-order valence-corrected chi connectivity index (χ0v) is 19.3. The quantitative estimate of drug-likeness (QED) is 0.418. The molecule has 0 spiro atoms. The maximum absolute atomic E-state index is 13.0. The van der Waals surface area contributed by atoms with Crippen molar-refractivity contribution in [2.75, 3.05) is 11.9 Å². The number of benzene rings is 1. The smallest absolute Gasteiger partial charge is 0.350 e. The highest BCUT2D eigenvalue weighted by molar-refractivity contribution is 7.17. The summed E-state index contributed by atoms with van der Waals surface area (Å²) < 4.78 is 38.9. The predicted molar refractivity (Wildman–Crippen MR) is 124 cm³/mol. The van der Waals surface area contributed by atoms with Crippen LogP contribution in [0.3, 0.4) is 0 Å². The van der Waals surface area contributed by atoms with Gasteiger partial charge in [0.25, 0.3) is 5.91 Å². The number of hydrogen-bond donors (Lipinski definition) is 2. The van der Waals surface area contributed by atoms with Crippen molar-refractivity contribution in [1.82, 2.24) is 20.3 Å². The van der Waals surface area contributed by atoms with Gasteiger partial charge in [0.05, 0.1) is 4.88 Å². The van der Waals surface area contributed by atoms with Gasteiger partial charge in [0.2, 0.25) is 5.95 Å². The molecule has 0 atom stereocenters. The third-order valence-corrected chi connectivity index (χ3v) is 7.26. The molecule has 5 rings (SSSR count). The molecule has 0 radical (unpaired) electrons. The molecule has 2 aromatic heterocycles. The number of anilines is 2. The van der Waals surface area contributed by atoms with Crippen LogP contribution in [0.25, 0.3) is 10.4 Å². The second-order valence-electron chi connectivity index (χ2n) is 9.05. The number of nitrogens with one attached hydrogen (secondary N) is 2. The second-order valence-corrected chi connectivity index (χ2v) is 10.1. The number of aromatic nitrogens is 3. The van der Waals surface area contributed by atoms with E-state index < -0.39 is 11.9 Å². The fourth-order valence-corrected chi connectivity index (χ4v) is 5.09. The van der Waals surface area contributed by atoms with Gasteiger partial charge >= 0.3 is 6.18 Å². The monoisotopic (exact) mass is 487 g/mol. The van der Waals surface area contributed by atoms with Crippen LogP contribution < -0.4 is 10.6 Å². The Morgan fingerprint density at radius 3 is 2.56 bits per heavy atom. The maximum atomic E-state index is 13.0. The van der Waals surface area contributed by atoms with Crippen molar-refractivity contribution in [3.63, 3.8) is 0 Å². The average molecular weight is 488 g/mol. The number of rotatable bonds is 8. The topological polar surface area (TPSA) is 79.8 Å². The Morgan fingerprint density at radius 1 is 1.15 bits per heavy atom. The number of amides is 1. The van der Waals surface area contributed by atoms with Gasteiger partial charge in [0, 0.05) is 24.6 Å². The molecule has 2 aliphatic rings. The first-order valence-electron chi connectivity index (χ1n) is 11.3. The number of aryl methyl sites for hydroxylation is 1. The van der Waals surface area contributed by atoms with E-state index >= 15 is 0 Å². The predicted octanol–water partition coefficient (Wildman–Crippen LogP) is 5.84. The van der Waals surface area contributed by atoms with E-state index in [1.807, 2.05) is 13.0 Å². The third kappa shape index (κ3) is 5.38. The van der Waals surface area contributed by atoms with Crippen LogP contribution in [-0.4, -0.2) is 27.4 Å². The average Bonchev–Trinajstić information content (AvgIpc) is 3.72. The van der Waals surface area contributed by atoms with Crippen molar-refractivity contribution in [2.24, 2.45) is 17.8 Å². The molecule has 0 unspecified atom stereocenters. The van der Waals surface area contributed by atoms with Crippen molar-refractivity contribution in [2.45, 2.75) is 38.8 Å². The first-order valence-corrected chi connectivity index (χ1v) is 12.1. The molecule has 2 heterocycles. The molecule has 1 aromatic carbocycles. The molecule has 6 nitrogen and oxygen atoms in total. The molecule has 1 amide bonds. The van der Waals surface area contributed by atoms with Gasteiger partial charge in [-0.25, -0.2) is 15.0 Å². The van der Waals surface area contributed by atoms with Crippen LogP contribution in [0, 0.1) is 24.7 Å². The van der Waals surface area contributed by atoms with Crippen LogP contribution in [0.5, 0.6) is 0 Å². The van der Waals surface area contributed by atoms with Gasteiger partial charge < -0.3 is 10.6 Å². The van der Waals surface area contributed by atoms with Gasteiger partial charge in [-0.1, -0.05) is 6.07 Å². The number of carbonyl (C=O) groups excluding carboxylic acids is 1. The van der Waals surface area contributed by atoms with E-state index in [-0.39, 0.29) is 11.9 Å². The lowest BCUT2D eigenvalue weighted by Crippen LogP contribution is -2.31. The standard InChI is InChI=1S/C24H24F3N5OS/c1-13-8-16(10-17(9-13)31-23-28-7-6-20(32-23)24(25,26)27)19-12-30-22(34-19)21(33)29-11-18(14-2-3-14)15-4-5-15/h6-10,12,14-15,18H,2-5,11H2,1H3,(H,29,33)(H,28,31,32). The normalized spacial score (nSPS) is 16.0. The van der Waals surface area contributed by atoms with Crippen LogP contribution in [0.2, 0.25) is 0 Å². The highest BCUT2D eigenvalue weighted by Gasteiger charge is 2.41. The van der Waals surface area contributed by atoms with Gasteiger partial charge in [-0.15, -0.1) is 11.3 Å². The minimum atomic E-state index is -4.55. The fourth-order valence-electron chi connectivity index (χ4n) is 4.27. The molecular weight excluding hydrogens is 463 g/mol. The van der Waals surface area contributed by atoms with Crippen LogP contribution in [-0.2, 0) is 6.18 Å². The van der Waals surface area contributed by atoms with Crippen molar-refractivity contribution in [3.05, 3.63) is 52.9 Å². The molecule has 2 aliphatic carbocycles. The summed E-state index contributed by atoms with van der Waals surface area (Å²) in [5.74, 6) is 1.81. The van der Waals surface area contributed by atoms with Crippen LogP contribution in [0.15, 0.2) is 36.7 Å². The van der Waals surface area contributed by atoms with E-state index in [9.17, 15) is 18.0 Å². The lowest BCUT2D eigenvalue weighted by molar-refractivity contribution is -0.141. The molecule has 10 heteroatoms. The number of carbonyl (C=O) groups is 1. The van der Waals surface area contributed by atoms with Crippen LogP contribution in [0.4, 0.5) is 24.8 Å². The summed E-state index contributed by atoms with van der Waals surface area (Å²) in [6, 6.07) is 6.33. The summed E-state index contributed by atoms with van der Waals surface area (Å²) in [4.78, 5) is 25.2. The molecule has 3 aromatic rings. The highest BCUT2D eigenvalue weighted by Crippen LogP contribution is 2.48. The third-order valence-electron chi connectivity index (χ3n) is 6.22. The van der Waals surface area contributed by atoms with E-state index in [2.05, 4.69) is 25.6 Å². The second kappa shape index (κ2) is 8.98. The highest BCUT2D eigenvalue weighted by atomic mass is 32.1. The number of thiazole rings is 1. The minimum absolute atomic E-state index is 0.142. The molecule has 0 aliphatic heterocycles. The number of nitrogens with zero attached hydrogens (tertiary/aromatic N) is 3. The Bertz CT molecular complexity index is 1190. The van der Waals surface area contributed by atoms with E-state index in [0.717, 1.165) is 40.1 Å². The largest absolute Gasteiger partial charge is 0.433 e. The van der Waals surface area contributed by atoms with Gasteiger partial charge in [-0.3, -0.25) is 4.79 Å². The lowest BCUT2D eigenvalue weighted by Gasteiger charge is -2.15. The molecular formula is C24H24F3N5OS. The van der Waals surface area contributed by atoms with Gasteiger partial charge in [-0.2, -0.15) is 13.2 Å². The number of hydrogen-bond acceptors (Lipinski definition) is 6. The summed E-state index contributed by atoms with van der Waals surface area (Å²) in [6.07, 6.45) is 3.26. The van der Waals surface area contributed by atoms with Gasteiger partial charge in [-0.05, 0) is 79.7 Å². The fraction of sp³-hybridized carbons (Fsp3) is 0.417. The molecule has 2 fully saturated rings. The first kappa shape index (κ1) is 22.8. The summed E-state index contributed by atoms with van der Waals surface area (Å²) in [5.41, 5.74) is 1.23. The minimum Gasteiger partial charge on any atom is -0.350 e. The Kier molecular flexibility index (Phi) is 6.01. The molecule has 0 bridgehead atoms. The SMILES string of the molecule is Cc1cc(Nc2nccc(C(F)(F)F)n2)cc(-c2cnc(C(=O)NCC(C3CC3)C3CC3)s2)c1.